The van der Waals surface area contributed by atoms with Gasteiger partial charge in [0.05, 0.1) is 22.6 Å². The molecule has 0 saturated heterocycles. The number of carbonyl (C=O) groups is 1. The van der Waals surface area contributed by atoms with Gasteiger partial charge in [0, 0.05) is 18.0 Å². The summed E-state index contributed by atoms with van der Waals surface area (Å²) in [6.07, 6.45) is 2.34. The molecule has 2 aromatic carbocycles. The van der Waals surface area contributed by atoms with Gasteiger partial charge >= 0.3 is 0 Å². The van der Waals surface area contributed by atoms with Gasteiger partial charge in [-0.25, -0.2) is 4.98 Å². The van der Waals surface area contributed by atoms with Gasteiger partial charge < -0.3 is 4.90 Å². The zero-order valence-corrected chi connectivity index (χ0v) is 20.3. The molecule has 0 bridgehead atoms. The van der Waals surface area contributed by atoms with Gasteiger partial charge in [0.1, 0.15) is 5.82 Å². The second kappa shape index (κ2) is 10.3. The molecule has 0 N–H and O–H groups in total. The Balaban J connectivity index is 2.25. The van der Waals surface area contributed by atoms with Crippen molar-refractivity contribution in [3.05, 3.63) is 69.2 Å². The van der Waals surface area contributed by atoms with Gasteiger partial charge in [-0.05, 0) is 62.1 Å². The number of rotatable bonds is 8. The minimum Gasteiger partial charge on any atom is -0.333 e. The van der Waals surface area contributed by atoms with E-state index in [1.54, 1.807) is 16.7 Å². The van der Waals surface area contributed by atoms with Crippen molar-refractivity contribution in [2.45, 2.75) is 59.9 Å². The summed E-state index contributed by atoms with van der Waals surface area (Å²) < 4.78 is 1.65. The summed E-state index contributed by atoms with van der Waals surface area (Å²) in [6.45, 7) is 10.7. The fraction of sp³-hybridized carbons (Fsp3) is 0.423. The first-order chi connectivity index (χ1) is 15.2. The van der Waals surface area contributed by atoms with Crippen LogP contribution in [-0.4, -0.2) is 26.9 Å². The number of hydrogen-bond donors (Lipinski definition) is 0. The zero-order valence-electron chi connectivity index (χ0n) is 19.6. The number of fused-ring (bicyclic) bond motifs is 1. The molecule has 0 aliphatic heterocycles. The quantitative estimate of drug-likeness (QED) is 0.415. The third-order valence-electron chi connectivity index (χ3n) is 5.70. The highest BCUT2D eigenvalue weighted by Crippen LogP contribution is 2.27. The van der Waals surface area contributed by atoms with Crippen LogP contribution in [0.1, 0.15) is 64.4 Å². The van der Waals surface area contributed by atoms with E-state index in [2.05, 4.69) is 6.92 Å². The van der Waals surface area contributed by atoms with E-state index in [4.69, 9.17) is 16.6 Å². The number of unbranched alkanes of at least 4 members (excludes halogenated alkanes) is 1. The minimum absolute atomic E-state index is 0.0859. The van der Waals surface area contributed by atoms with Crippen molar-refractivity contribution >= 4 is 28.4 Å². The number of amides is 1. The van der Waals surface area contributed by atoms with Crippen molar-refractivity contribution in [2.75, 3.05) is 6.54 Å². The molecule has 5 nitrogen and oxygen atoms in total. The van der Waals surface area contributed by atoms with Gasteiger partial charge in [0.15, 0.2) is 0 Å². The van der Waals surface area contributed by atoms with Gasteiger partial charge in [0.25, 0.3) is 5.56 Å². The van der Waals surface area contributed by atoms with Crippen molar-refractivity contribution in [2.24, 2.45) is 5.92 Å². The van der Waals surface area contributed by atoms with E-state index in [0.29, 0.717) is 34.7 Å². The Labute approximate surface area is 195 Å². The molecule has 1 unspecified atom stereocenters. The maximum Gasteiger partial charge on any atom is 0.266 e. The molecule has 0 aliphatic carbocycles. The van der Waals surface area contributed by atoms with Crippen LogP contribution in [0.2, 0.25) is 5.02 Å². The molecule has 32 heavy (non-hydrogen) atoms. The average Bonchev–Trinajstić information content (AvgIpc) is 2.74. The Bertz CT molecular complexity index is 1170. The number of aryl methyl sites for hydroxylation is 1. The van der Waals surface area contributed by atoms with Gasteiger partial charge in [-0.3, -0.25) is 14.2 Å². The first kappa shape index (κ1) is 24.0. The largest absolute Gasteiger partial charge is 0.333 e. The SMILES string of the molecule is CCCCN(C(=O)CC(C)C)C(C)c1nc2ccccc2c(=O)n1-c1ccc(Cl)cc1C. The Hall–Kier alpha value is -2.66. The molecule has 3 aromatic rings. The van der Waals surface area contributed by atoms with E-state index in [0.717, 1.165) is 24.1 Å². The lowest BCUT2D eigenvalue weighted by atomic mass is 10.1. The topological polar surface area (TPSA) is 55.2 Å². The highest BCUT2D eigenvalue weighted by atomic mass is 35.5. The molecule has 0 radical (unpaired) electrons. The molecule has 0 fully saturated rings. The van der Waals surface area contributed by atoms with Crippen LogP contribution < -0.4 is 5.56 Å². The minimum atomic E-state index is -0.361. The highest BCUT2D eigenvalue weighted by Gasteiger charge is 2.27. The number of hydrogen-bond acceptors (Lipinski definition) is 3. The number of carbonyl (C=O) groups excluding carboxylic acids is 1. The van der Waals surface area contributed by atoms with Gasteiger partial charge in [0.2, 0.25) is 5.91 Å². The monoisotopic (exact) mass is 453 g/mol. The van der Waals surface area contributed by atoms with E-state index in [-0.39, 0.29) is 23.4 Å². The molecule has 0 saturated carbocycles. The number of nitrogens with zero attached hydrogens (tertiary/aromatic N) is 3. The molecule has 3 rings (SSSR count). The van der Waals surface area contributed by atoms with Crippen LogP contribution in [-0.2, 0) is 4.79 Å². The van der Waals surface area contributed by atoms with E-state index in [9.17, 15) is 9.59 Å². The van der Waals surface area contributed by atoms with E-state index in [1.165, 1.54) is 0 Å². The highest BCUT2D eigenvalue weighted by molar-refractivity contribution is 6.30. The molecule has 170 valence electrons. The number of halogens is 1. The summed E-state index contributed by atoms with van der Waals surface area (Å²) in [4.78, 5) is 33.6. The molecule has 1 aromatic heterocycles. The van der Waals surface area contributed by atoms with Gasteiger partial charge in [-0.15, -0.1) is 0 Å². The number of para-hydroxylation sites is 1. The van der Waals surface area contributed by atoms with Crippen molar-refractivity contribution in [3.8, 4) is 5.69 Å². The lowest BCUT2D eigenvalue weighted by Gasteiger charge is -2.31. The first-order valence-electron chi connectivity index (χ1n) is 11.3. The molecule has 0 spiro atoms. The maximum atomic E-state index is 13.7. The smallest absolute Gasteiger partial charge is 0.266 e. The van der Waals surface area contributed by atoms with Crippen LogP contribution in [0.4, 0.5) is 0 Å². The Morgan fingerprint density at radius 3 is 2.53 bits per heavy atom. The Morgan fingerprint density at radius 2 is 1.88 bits per heavy atom. The van der Waals surface area contributed by atoms with Gasteiger partial charge in [-0.1, -0.05) is 50.9 Å². The summed E-state index contributed by atoms with van der Waals surface area (Å²) in [6, 6.07) is 12.5. The number of benzene rings is 2. The lowest BCUT2D eigenvalue weighted by Crippen LogP contribution is -2.38. The summed E-state index contributed by atoms with van der Waals surface area (Å²) in [5.41, 5.74) is 2.09. The second-order valence-electron chi connectivity index (χ2n) is 8.77. The standard InChI is InChI=1S/C26H32ClN3O2/c1-6-7-14-29(24(31)15-17(2)3)19(5)25-28-22-11-9-8-10-21(22)26(32)30(25)23-13-12-20(27)16-18(23)4/h8-13,16-17,19H,6-7,14-15H2,1-5H3. The van der Waals surface area contributed by atoms with Crippen molar-refractivity contribution in [1.29, 1.82) is 0 Å². The summed E-state index contributed by atoms with van der Waals surface area (Å²) >= 11 is 6.18. The van der Waals surface area contributed by atoms with Gasteiger partial charge in [-0.2, -0.15) is 0 Å². The molecule has 1 heterocycles. The molecular formula is C26H32ClN3O2. The van der Waals surface area contributed by atoms with Crippen LogP contribution in [0.3, 0.4) is 0 Å². The summed E-state index contributed by atoms with van der Waals surface area (Å²) in [7, 11) is 0. The second-order valence-corrected chi connectivity index (χ2v) is 9.21. The third kappa shape index (κ3) is 5.04. The number of aromatic nitrogens is 2. The molecule has 1 atom stereocenters. The first-order valence-corrected chi connectivity index (χ1v) is 11.7. The Kier molecular flexibility index (Phi) is 7.73. The lowest BCUT2D eigenvalue weighted by molar-refractivity contribution is -0.134. The van der Waals surface area contributed by atoms with Crippen molar-refractivity contribution < 1.29 is 4.79 Å². The van der Waals surface area contributed by atoms with E-state index in [1.807, 2.05) is 62.9 Å². The average molecular weight is 454 g/mol. The van der Waals surface area contributed by atoms with Crippen LogP contribution in [0, 0.1) is 12.8 Å². The van der Waals surface area contributed by atoms with E-state index >= 15 is 0 Å². The predicted molar refractivity (Wildman–Crippen MR) is 132 cm³/mol. The Morgan fingerprint density at radius 1 is 1.16 bits per heavy atom. The van der Waals surface area contributed by atoms with Crippen LogP contribution >= 0.6 is 11.6 Å². The van der Waals surface area contributed by atoms with E-state index < -0.39 is 0 Å². The van der Waals surface area contributed by atoms with Crippen molar-refractivity contribution in [1.82, 2.24) is 14.5 Å². The fourth-order valence-electron chi connectivity index (χ4n) is 4.00. The zero-order chi connectivity index (χ0) is 23.4. The van der Waals surface area contributed by atoms with Crippen LogP contribution in [0.15, 0.2) is 47.3 Å². The third-order valence-corrected chi connectivity index (χ3v) is 5.93. The van der Waals surface area contributed by atoms with Crippen LogP contribution in [0.5, 0.6) is 0 Å². The molecule has 6 heteroatoms. The normalized spacial score (nSPS) is 12.3. The summed E-state index contributed by atoms with van der Waals surface area (Å²) in [5, 5.41) is 1.16. The molecule has 1 amide bonds. The molecule has 0 aliphatic rings. The summed E-state index contributed by atoms with van der Waals surface area (Å²) in [5.74, 6) is 0.902. The molecular weight excluding hydrogens is 422 g/mol. The fourth-order valence-corrected chi connectivity index (χ4v) is 4.23. The maximum absolute atomic E-state index is 13.7. The predicted octanol–water partition coefficient (Wildman–Crippen LogP) is 6.08. The van der Waals surface area contributed by atoms with Crippen molar-refractivity contribution in [3.63, 3.8) is 0 Å². The van der Waals surface area contributed by atoms with Crippen LogP contribution in [0.25, 0.3) is 16.6 Å².